The standard InChI is InChI=1S/C17H27N3O/c1-14-5-6-16(13-15(14)2)17(21)18-7-4-8-20-11-9-19(3)10-12-20/h5-6,13H,4,7-12H2,1-3H3,(H,18,21). The monoisotopic (exact) mass is 289 g/mol. The molecule has 21 heavy (non-hydrogen) atoms. The molecule has 4 nitrogen and oxygen atoms in total. The van der Waals surface area contributed by atoms with Crippen LogP contribution in [-0.2, 0) is 0 Å². The van der Waals surface area contributed by atoms with Crippen molar-refractivity contribution in [3.63, 3.8) is 0 Å². The number of hydrogen-bond acceptors (Lipinski definition) is 3. The van der Waals surface area contributed by atoms with Crippen molar-refractivity contribution in [1.82, 2.24) is 15.1 Å². The minimum absolute atomic E-state index is 0.0384. The zero-order chi connectivity index (χ0) is 15.2. The van der Waals surface area contributed by atoms with Crippen LogP contribution in [0.1, 0.15) is 27.9 Å². The molecule has 0 aliphatic carbocycles. The molecule has 0 bridgehead atoms. The Balaban J connectivity index is 1.68. The Morgan fingerprint density at radius 1 is 1.14 bits per heavy atom. The van der Waals surface area contributed by atoms with Gasteiger partial charge in [0.15, 0.2) is 0 Å². The molecule has 1 amide bonds. The van der Waals surface area contributed by atoms with Crippen molar-refractivity contribution >= 4 is 5.91 Å². The maximum Gasteiger partial charge on any atom is 0.251 e. The van der Waals surface area contributed by atoms with Crippen molar-refractivity contribution in [2.75, 3.05) is 46.3 Å². The molecule has 1 aromatic rings. The van der Waals surface area contributed by atoms with E-state index in [9.17, 15) is 4.79 Å². The number of nitrogens with one attached hydrogen (secondary N) is 1. The molecule has 1 heterocycles. The van der Waals surface area contributed by atoms with Crippen molar-refractivity contribution in [3.8, 4) is 0 Å². The Morgan fingerprint density at radius 2 is 1.86 bits per heavy atom. The van der Waals surface area contributed by atoms with E-state index in [0.29, 0.717) is 0 Å². The van der Waals surface area contributed by atoms with E-state index in [0.717, 1.165) is 51.3 Å². The average molecular weight is 289 g/mol. The summed E-state index contributed by atoms with van der Waals surface area (Å²) in [7, 11) is 2.17. The Morgan fingerprint density at radius 3 is 2.52 bits per heavy atom. The molecular formula is C17H27N3O. The van der Waals surface area contributed by atoms with E-state index in [-0.39, 0.29) is 5.91 Å². The van der Waals surface area contributed by atoms with E-state index in [1.165, 1.54) is 11.1 Å². The van der Waals surface area contributed by atoms with Gasteiger partial charge in [-0.2, -0.15) is 0 Å². The van der Waals surface area contributed by atoms with Gasteiger partial charge >= 0.3 is 0 Å². The second kappa shape index (κ2) is 7.57. The Bertz CT molecular complexity index is 479. The molecule has 2 rings (SSSR count). The lowest BCUT2D eigenvalue weighted by Gasteiger charge is -2.32. The molecule has 0 saturated carbocycles. The van der Waals surface area contributed by atoms with Crippen molar-refractivity contribution in [2.45, 2.75) is 20.3 Å². The number of carbonyl (C=O) groups excluding carboxylic acids is 1. The summed E-state index contributed by atoms with van der Waals surface area (Å²) in [5.41, 5.74) is 3.15. The second-order valence-corrected chi connectivity index (χ2v) is 6.05. The van der Waals surface area contributed by atoms with Crippen LogP contribution in [0.25, 0.3) is 0 Å². The highest BCUT2D eigenvalue weighted by Crippen LogP contribution is 2.09. The molecule has 1 fully saturated rings. The first-order valence-corrected chi connectivity index (χ1v) is 7.82. The van der Waals surface area contributed by atoms with Crippen LogP contribution >= 0.6 is 0 Å². The largest absolute Gasteiger partial charge is 0.352 e. The SMILES string of the molecule is Cc1ccc(C(=O)NCCCN2CCN(C)CC2)cc1C. The maximum absolute atomic E-state index is 12.1. The van der Waals surface area contributed by atoms with Crippen molar-refractivity contribution in [1.29, 1.82) is 0 Å². The fraction of sp³-hybridized carbons (Fsp3) is 0.588. The molecule has 116 valence electrons. The number of hydrogen-bond donors (Lipinski definition) is 1. The van der Waals surface area contributed by atoms with Crippen molar-refractivity contribution in [2.24, 2.45) is 0 Å². The predicted octanol–water partition coefficient (Wildman–Crippen LogP) is 1.67. The van der Waals surface area contributed by atoms with Crippen LogP contribution < -0.4 is 5.32 Å². The molecular weight excluding hydrogens is 262 g/mol. The van der Waals surface area contributed by atoms with Gasteiger partial charge in [-0.05, 0) is 57.1 Å². The van der Waals surface area contributed by atoms with Crippen LogP contribution in [0.5, 0.6) is 0 Å². The molecule has 0 aromatic heterocycles. The van der Waals surface area contributed by atoms with Gasteiger partial charge in [0.2, 0.25) is 0 Å². The normalized spacial score (nSPS) is 16.9. The molecule has 1 saturated heterocycles. The van der Waals surface area contributed by atoms with Crippen LogP contribution in [0.15, 0.2) is 18.2 Å². The molecule has 0 radical (unpaired) electrons. The quantitative estimate of drug-likeness (QED) is 0.838. The highest BCUT2D eigenvalue weighted by atomic mass is 16.1. The maximum atomic E-state index is 12.1. The minimum atomic E-state index is 0.0384. The lowest BCUT2D eigenvalue weighted by Crippen LogP contribution is -2.45. The summed E-state index contributed by atoms with van der Waals surface area (Å²) < 4.78 is 0. The second-order valence-electron chi connectivity index (χ2n) is 6.05. The first-order chi connectivity index (χ1) is 10.1. The molecule has 0 unspecified atom stereocenters. The number of aryl methyl sites for hydroxylation is 2. The number of nitrogens with zero attached hydrogens (tertiary/aromatic N) is 2. The fourth-order valence-electron chi connectivity index (χ4n) is 2.56. The molecule has 1 N–H and O–H groups in total. The summed E-state index contributed by atoms with van der Waals surface area (Å²) in [4.78, 5) is 16.9. The summed E-state index contributed by atoms with van der Waals surface area (Å²) in [6, 6.07) is 5.87. The van der Waals surface area contributed by atoms with E-state index in [1.54, 1.807) is 0 Å². The van der Waals surface area contributed by atoms with E-state index < -0.39 is 0 Å². The van der Waals surface area contributed by atoms with Crippen molar-refractivity contribution in [3.05, 3.63) is 34.9 Å². The Kier molecular flexibility index (Phi) is 5.76. The number of likely N-dealkylation sites (N-methyl/N-ethyl adjacent to an activating group) is 1. The number of carbonyl (C=O) groups is 1. The Hall–Kier alpha value is -1.39. The smallest absolute Gasteiger partial charge is 0.251 e. The Labute approximate surface area is 128 Å². The van der Waals surface area contributed by atoms with E-state index in [1.807, 2.05) is 25.1 Å². The van der Waals surface area contributed by atoms with Crippen LogP contribution in [0.2, 0.25) is 0 Å². The van der Waals surface area contributed by atoms with Gasteiger partial charge in [0.25, 0.3) is 5.91 Å². The minimum Gasteiger partial charge on any atom is -0.352 e. The summed E-state index contributed by atoms with van der Waals surface area (Å²) in [5, 5.41) is 3.02. The van der Waals surface area contributed by atoms with Crippen molar-refractivity contribution < 1.29 is 4.79 Å². The first kappa shape index (κ1) is 16.0. The van der Waals surface area contributed by atoms with E-state index in [4.69, 9.17) is 0 Å². The van der Waals surface area contributed by atoms with Gasteiger partial charge in [-0.15, -0.1) is 0 Å². The van der Waals surface area contributed by atoms with Gasteiger partial charge in [0.05, 0.1) is 0 Å². The topological polar surface area (TPSA) is 35.6 Å². The average Bonchev–Trinajstić information content (AvgIpc) is 2.48. The summed E-state index contributed by atoms with van der Waals surface area (Å²) in [6.45, 7) is 10.5. The van der Waals surface area contributed by atoms with E-state index in [2.05, 4.69) is 29.1 Å². The summed E-state index contributed by atoms with van der Waals surface area (Å²) in [6.07, 6.45) is 1.01. The molecule has 1 aliphatic rings. The third-order valence-electron chi connectivity index (χ3n) is 4.30. The van der Waals surface area contributed by atoms with Crippen LogP contribution in [0, 0.1) is 13.8 Å². The highest BCUT2D eigenvalue weighted by Gasteiger charge is 2.13. The van der Waals surface area contributed by atoms with Crippen LogP contribution in [-0.4, -0.2) is 62.0 Å². The third kappa shape index (κ3) is 4.83. The summed E-state index contributed by atoms with van der Waals surface area (Å²) >= 11 is 0. The fourth-order valence-corrected chi connectivity index (χ4v) is 2.56. The lowest BCUT2D eigenvalue weighted by molar-refractivity contribution is 0.0949. The number of amides is 1. The third-order valence-corrected chi connectivity index (χ3v) is 4.30. The predicted molar refractivity (Wildman–Crippen MR) is 86.8 cm³/mol. The number of piperazine rings is 1. The highest BCUT2D eigenvalue weighted by molar-refractivity contribution is 5.94. The zero-order valence-corrected chi connectivity index (χ0v) is 13.5. The van der Waals surface area contributed by atoms with Gasteiger partial charge in [0.1, 0.15) is 0 Å². The van der Waals surface area contributed by atoms with Gasteiger partial charge in [-0.1, -0.05) is 6.07 Å². The molecule has 0 spiro atoms. The number of rotatable bonds is 5. The first-order valence-electron chi connectivity index (χ1n) is 7.82. The van der Waals surface area contributed by atoms with Crippen LogP contribution in [0.4, 0.5) is 0 Å². The summed E-state index contributed by atoms with van der Waals surface area (Å²) in [5.74, 6) is 0.0384. The van der Waals surface area contributed by atoms with Gasteiger partial charge in [0, 0.05) is 38.3 Å². The van der Waals surface area contributed by atoms with Gasteiger partial charge in [-0.25, -0.2) is 0 Å². The lowest BCUT2D eigenvalue weighted by atomic mass is 10.1. The van der Waals surface area contributed by atoms with Crippen LogP contribution in [0.3, 0.4) is 0 Å². The molecule has 1 aromatic carbocycles. The van der Waals surface area contributed by atoms with E-state index >= 15 is 0 Å². The molecule has 1 aliphatic heterocycles. The number of benzene rings is 1. The van der Waals surface area contributed by atoms with Gasteiger partial charge in [-0.3, -0.25) is 4.79 Å². The zero-order valence-electron chi connectivity index (χ0n) is 13.5. The molecule has 4 heteroatoms. The van der Waals surface area contributed by atoms with Gasteiger partial charge < -0.3 is 15.1 Å². The molecule has 0 atom stereocenters.